The second-order valence-electron chi connectivity index (χ2n) is 6.98. The first-order chi connectivity index (χ1) is 14.3. The SMILES string of the molecule is [c]1cc2c(c(-c3cc4c(cn3)OCCO4)n1)OCC(c1cc3c(cn1)OCS3)C2. The van der Waals surface area contributed by atoms with Gasteiger partial charge < -0.3 is 18.9 Å². The maximum Gasteiger partial charge on any atom is 0.179 e. The molecule has 0 amide bonds. The van der Waals surface area contributed by atoms with Gasteiger partial charge in [-0.25, -0.2) is 4.98 Å². The van der Waals surface area contributed by atoms with Crippen molar-refractivity contribution < 1.29 is 18.9 Å². The first-order valence-electron chi connectivity index (χ1n) is 9.39. The van der Waals surface area contributed by atoms with Gasteiger partial charge in [0.2, 0.25) is 0 Å². The Morgan fingerprint density at radius 1 is 0.966 bits per heavy atom. The minimum Gasteiger partial charge on any atom is -0.490 e. The third kappa shape index (κ3) is 2.95. The quantitative estimate of drug-likeness (QED) is 0.642. The van der Waals surface area contributed by atoms with Crippen LogP contribution in [0.25, 0.3) is 11.4 Å². The predicted octanol–water partition coefficient (Wildman–Crippen LogP) is 3.27. The average molecular weight is 406 g/mol. The molecule has 0 aliphatic carbocycles. The molecule has 8 heteroatoms. The number of hydrogen-bond donors (Lipinski definition) is 0. The number of fused-ring (bicyclic) bond motifs is 3. The molecule has 29 heavy (non-hydrogen) atoms. The summed E-state index contributed by atoms with van der Waals surface area (Å²) >= 11 is 1.69. The van der Waals surface area contributed by atoms with Crippen LogP contribution in [0, 0.1) is 6.20 Å². The molecule has 3 aromatic heterocycles. The van der Waals surface area contributed by atoms with E-state index in [2.05, 4.69) is 27.2 Å². The summed E-state index contributed by atoms with van der Waals surface area (Å²) in [4.78, 5) is 14.6. The maximum atomic E-state index is 6.17. The Balaban J connectivity index is 1.32. The van der Waals surface area contributed by atoms with Gasteiger partial charge in [-0.3, -0.25) is 9.97 Å². The van der Waals surface area contributed by atoms with Crippen LogP contribution >= 0.6 is 11.8 Å². The van der Waals surface area contributed by atoms with Gasteiger partial charge in [0.1, 0.15) is 30.6 Å². The van der Waals surface area contributed by atoms with E-state index < -0.39 is 0 Å². The Bertz CT molecular complexity index is 1110. The molecule has 1 unspecified atom stereocenters. The van der Waals surface area contributed by atoms with Crippen LogP contribution < -0.4 is 18.9 Å². The molecule has 1 radical (unpaired) electrons. The van der Waals surface area contributed by atoms with Crippen molar-refractivity contribution in [2.75, 3.05) is 25.8 Å². The van der Waals surface area contributed by atoms with Gasteiger partial charge in [-0.2, -0.15) is 0 Å². The van der Waals surface area contributed by atoms with Crippen molar-refractivity contribution >= 4 is 11.8 Å². The normalized spacial score (nSPS) is 19.0. The standard InChI is InChI=1S/C21H16N3O4S/c1-2-22-20(15-6-16-17(8-24-15)26-4-3-25-16)21-12(1)5-13(10-27-21)14-7-19-18(9-23-14)28-11-29-19/h1,6-9,13H,3-5,10-11H2. The van der Waals surface area contributed by atoms with Gasteiger partial charge in [0.05, 0.1) is 35.8 Å². The van der Waals surface area contributed by atoms with Crippen molar-refractivity contribution in [2.24, 2.45) is 0 Å². The molecule has 3 aliphatic rings. The topological polar surface area (TPSA) is 75.6 Å². The molecule has 6 rings (SSSR count). The number of nitrogens with zero attached hydrogens (tertiary/aromatic N) is 3. The molecule has 3 aromatic rings. The number of hydrogen-bond acceptors (Lipinski definition) is 8. The molecule has 1 atom stereocenters. The highest BCUT2D eigenvalue weighted by atomic mass is 32.2. The third-order valence-corrected chi connectivity index (χ3v) is 6.06. The van der Waals surface area contributed by atoms with Gasteiger partial charge >= 0.3 is 0 Å². The maximum absolute atomic E-state index is 6.17. The molecular formula is C21H16N3O4S. The first kappa shape index (κ1) is 16.9. The molecule has 0 spiro atoms. The van der Waals surface area contributed by atoms with Gasteiger partial charge in [0.15, 0.2) is 17.2 Å². The van der Waals surface area contributed by atoms with E-state index in [0.717, 1.165) is 34.1 Å². The molecule has 7 nitrogen and oxygen atoms in total. The van der Waals surface area contributed by atoms with Crippen molar-refractivity contribution in [3.8, 4) is 34.4 Å². The van der Waals surface area contributed by atoms with Crippen LogP contribution in [-0.4, -0.2) is 40.7 Å². The highest BCUT2D eigenvalue weighted by Crippen LogP contribution is 2.41. The van der Waals surface area contributed by atoms with E-state index in [0.29, 0.717) is 48.6 Å². The molecule has 0 aromatic carbocycles. The molecule has 6 heterocycles. The number of aromatic nitrogens is 3. The molecular weight excluding hydrogens is 390 g/mol. The Morgan fingerprint density at radius 3 is 2.83 bits per heavy atom. The molecule has 0 saturated carbocycles. The summed E-state index contributed by atoms with van der Waals surface area (Å²) in [6, 6.07) is 5.84. The van der Waals surface area contributed by atoms with Crippen LogP contribution in [0.15, 0.2) is 35.5 Å². The van der Waals surface area contributed by atoms with Crippen LogP contribution in [0.4, 0.5) is 0 Å². The van der Waals surface area contributed by atoms with E-state index >= 15 is 0 Å². The van der Waals surface area contributed by atoms with E-state index in [1.165, 1.54) is 0 Å². The Hall–Kier alpha value is -3.00. The lowest BCUT2D eigenvalue weighted by atomic mass is 9.93. The summed E-state index contributed by atoms with van der Waals surface area (Å²) < 4.78 is 22.9. The Morgan fingerprint density at radius 2 is 1.86 bits per heavy atom. The van der Waals surface area contributed by atoms with Crippen LogP contribution in [0.5, 0.6) is 23.0 Å². The van der Waals surface area contributed by atoms with Gasteiger partial charge in [-0.15, -0.1) is 0 Å². The zero-order chi connectivity index (χ0) is 19.2. The van der Waals surface area contributed by atoms with Crippen molar-refractivity contribution in [3.05, 3.63) is 48.0 Å². The summed E-state index contributed by atoms with van der Waals surface area (Å²) in [5.41, 5.74) is 3.42. The second-order valence-corrected chi connectivity index (χ2v) is 7.94. The molecule has 0 fully saturated rings. The fourth-order valence-corrected chi connectivity index (χ4v) is 4.52. The van der Waals surface area contributed by atoms with Gasteiger partial charge in [0, 0.05) is 17.7 Å². The van der Waals surface area contributed by atoms with Gasteiger partial charge in [0.25, 0.3) is 0 Å². The zero-order valence-electron chi connectivity index (χ0n) is 15.4. The van der Waals surface area contributed by atoms with Crippen molar-refractivity contribution in [1.29, 1.82) is 0 Å². The van der Waals surface area contributed by atoms with Crippen molar-refractivity contribution in [2.45, 2.75) is 17.2 Å². The highest BCUT2D eigenvalue weighted by Gasteiger charge is 2.28. The van der Waals surface area contributed by atoms with E-state index in [1.54, 1.807) is 18.0 Å². The molecule has 3 aliphatic heterocycles. The van der Waals surface area contributed by atoms with Gasteiger partial charge in [-0.1, -0.05) is 11.8 Å². The summed E-state index contributed by atoms with van der Waals surface area (Å²) in [7, 11) is 0. The van der Waals surface area contributed by atoms with E-state index in [4.69, 9.17) is 18.9 Å². The molecule has 0 bridgehead atoms. The predicted molar refractivity (Wildman–Crippen MR) is 105 cm³/mol. The zero-order valence-corrected chi connectivity index (χ0v) is 16.2. The number of pyridine rings is 3. The molecule has 0 saturated heterocycles. The summed E-state index contributed by atoms with van der Waals surface area (Å²) in [6.07, 6.45) is 7.28. The number of rotatable bonds is 2. The minimum atomic E-state index is 0.172. The fourth-order valence-electron chi connectivity index (χ4n) is 3.75. The molecule has 0 N–H and O–H groups in total. The van der Waals surface area contributed by atoms with Crippen LogP contribution in [-0.2, 0) is 6.42 Å². The van der Waals surface area contributed by atoms with Crippen molar-refractivity contribution in [3.63, 3.8) is 0 Å². The van der Waals surface area contributed by atoms with E-state index in [-0.39, 0.29) is 5.92 Å². The summed E-state index contributed by atoms with van der Waals surface area (Å²) in [6.45, 7) is 1.60. The highest BCUT2D eigenvalue weighted by molar-refractivity contribution is 7.99. The minimum absolute atomic E-state index is 0.172. The largest absolute Gasteiger partial charge is 0.490 e. The number of thioether (sulfide) groups is 1. The monoisotopic (exact) mass is 406 g/mol. The van der Waals surface area contributed by atoms with Gasteiger partial charge in [-0.05, 0) is 24.1 Å². The smallest absolute Gasteiger partial charge is 0.179 e. The number of ether oxygens (including phenoxy) is 4. The van der Waals surface area contributed by atoms with Crippen LogP contribution in [0.1, 0.15) is 17.2 Å². The summed E-state index contributed by atoms with van der Waals surface area (Å²) in [5, 5.41) is 0. The Labute approximate surface area is 171 Å². The lowest BCUT2D eigenvalue weighted by molar-refractivity contribution is 0.171. The lowest BCUT2D eigenvalue weighted by Gasteiger charge is -2.26. The van der Waals surface area contributed by atoms with Crippen molar-refractivity contribution in [1.82, 2.24) is 15.0 Å². The van der Waals surface area contributed by atoms with E-state index in [9.17, 15) is 0 Å². The van der Waals surface area contributed by atoms with Crippen LogP contribution in [0.2, 0.25) is 0 Å². The second kappa shape index (κ2) is 6.81. The third-order valence-electron chi connectivity index (χ3n) is 5.19. The first-order valence-corrected chi connectivity index (χ1v) is 10.4. The van der Waals surface area contributed by atoms with Crippen LogP contribution in [0.3, 0.4) is 0 Å². The average Bonchev–Trinajstić information content (AvgIpc) is 3.26. The summed E-state index contributed by atoms with van der Waals surface area (Å²) in [5.74, 6) is 3.77. The fraction of sp³-hybridized carbons (Fsp3) is 0.286. The lowest BCUT2D eigenvalue weighted by Crippen LogP contribution is -2.21. The molecule has 145 valence electrons. The van der Waals surface area contributed by atoms with E-state index in [1.807, 2.05) is 18.3 Å². The Kier molecular flexibility index (Phi) is 3.97.